The third-order valence-electron chi connectivity index (χ3n) is 9.78. The average Bonchev–Trinajstić information content (AvgIpc) is 3.26. The Morgan fingerprint density at radius 1 is 0.475 bits per heavy atom. The Morgan fingerprint density at radius 2 is 0.864 bits per heavy atom. The molecule has 0 amide bonds. The molecular formula is C53H58O6. The molecule has 4 aromatic carbocycles. The minimum absolute atomic E-state index is 0.291. The summed E-state index contributed by atoms with van der Waals surface area (Å²) in [6.45, 7) is 20.3. The van der Waals surface area contributed by atoms with Crippen LogP contribution in [0.4, 0.5) is 0 Å². The third-order valence-corrected chi connectivity index (χ3v) is 9.78. The number of ether oxygens (including phenoxy) is 3. The molecule has 0 unspecified atom stereocenters. The molecule has 4 aromatic rings. The lowest BCUT2D eigenvalue weighted by molar-refractivity contribution is 0.0485. The first-order valence-electron chi connectivity index (χ1n) is 20.5. The van der Waals surface area contributed by atoms with E-state index in [0.717, 1.165) is 102 Å². The Kier molecular flexibility index (Phi) is 18.9. The second-order valence-corrected chi connectivity index (χ2v) is 14.5. The van der Waals surface area contributed by atoms with Crippen molar-refractivity contribution in [3.8, 4) is 22.3 Å². The first kappa shape index (κ1) is 45.4. The molecule has 0 aliphatic heterocycles. The summed E-state index contributed by atoms with van der Waals surface area (Å²) in [7, 11) is 0. The van der Waals surface area contributed by atoms with Crippen LogP contribution in [0.3, 0.4) is 0 Å². The van der Waals surface area contributed by atoms with Crippen molar-refractivity contribution in [2.24, 2.45) is 0 Å². The molecule has 0 saturated heterocycles. The van der Waals surface area contributed by atoms with Crippen LogP contribution in [0, 0.1) is 6.92 Å². The number of benzene rings is 4. The van der Waals surface area contributed by atoms with Gasteiger partial charge in [-0.3, -0.25) is 0 Å². The number of esters is 3. The predicted molar refractivity (Wildman–Crippen MR) is 243 cm³/mol. The molecular weight excluding hydrogens is 733 g/mol. The number of rotatable bonds is 24. The van der Waals surface area contributed by atoms with Gasteiger partial charge in [0.05, 0.1) is 36.5 Å². The molecule has 0 fully saturated rings. The van der Waals surface area contributed by atoms with Crippen LogP contribution in [0.5, 0.6) is 0 Å². The lowest BCUT2D eigenvalue weighted by atomic mass is 9.96. The molecule has 6 heteroatoms. The van der Waals surface area contributed by atoms with Gasteiger partial charge in [0.2, 0.25) is 0 Å². The number of allylic oxidation sites excluding steroid dienone is 8. The molecule has 59 heavy (non-hydrogen) atoms. The van der Waals surface area contributed by atoms with Crippen LogP contribution < -0.4 is 0 Å². The van der Waals surface area contributed by atoms with Gasteiger partial charge < -0.3 is 14.2 Å². The van der Waals surface area contributed by atoms with Crippen molar-refractivity contribution >= 4 is 29.1 Å². The van der Waals surface area contributed by atoms with E-state index in [1.165, 1.54) is 0 Å². The van der Waals surface area contributed by atoms with Crippen LogP contribution in [0.2, 0.25) is 0 Å². The Bertz CT molecular complexity index is 2080. The largest absolute Gasteiger partial charge is 0.462 e. The molecule has 0 aromatic heterocycles. The second-order valence-electron chi connectivity index (χ2n) is 14.5. The number of hydrogen-bond donors (Lipinski definition) is 0. The van der Waals surface area contributed by atoms with Gasteiger partial charge in [-0.05, 0) is 152 Å². The van der Waals surface area contributed by atoms with E-state index < -0.39 is 11.9 Å². The smallest absolute Gasteiger partial charge is 0.338 e. The molecule has 0 bridgehead atoms. The molecule has 306 valence electrons. The van der Waals surface area contributed by atoms with Gasteiger partial charge in [-0.1, -0.05) is 97.6 Å². The summed E-state index contributed by atoms with van der Waals surface area (Å²) in [4.78, 5) is 39.0. The topological polar surface area (TPSA) is 78.9 Å². The third kappa shape index (κ3) is 14.6. The highest BCUT2D eigenvalue weighted by Crippen LogP contribution is 2.29. The number of carbonyl (C=O) groups excluding carboxylic acids is 3. The molecule has 0 spiro atoms. The van der Waals surface area contributed by atoms with Crippen molar-refractivity contribution in [3.05, 3.63) is 181 Å². The van der Waals surface area contributed by atoms with Gasteiger partial charge in [0.1, 0.15) is 0 Å². The summed E-state index contributed by atoms with van der Waals surface area (Å²) in [6, 6.07) is 27.2. The van der Waals surface area contributed by atoms with Crippen LogP contribution in [-0.4, -0.2) is 37.7 Å². The van der Waals surface area contributed by atoms with E-state index in [2.05, 4.69) is 56.6 Å². The highest BCUT2D eigenvalue weighted by atomic mass is 16.5. The summed E-state index contributed by atoms with van der Waals surface area (Å²) < 4.78 is 16.6. The fraction of sp³-hybridized carbons (Fsp3) is 0.264. The van der Waals surface area contributed by atoms with Gasteiger partial charge >= 0.3 is 17.9 Å². The minimum atomic E-state index is -0.479. The SMILES string of the molecule is C=CCCCCOC(=O)c1cc(C)cc(/C(C)=C/C=C(\C=C)c2ccc(-c3ccc(-c4cc(C(=O)OCCCCC=C)cc(C(=O)OCCCCC=C)c4)cc3)cc2)c1. The van der Waals surface area contributed by atoms with Crippen molar-refractivity contribution in [3.63, 3.8) is 0 Å². The van der Waals surface area contributed by atoms with Crippen LogP contribution >= 0.6 is 0 Å². The fourth-order valence-electron chi connectivity index (χ4n) is 6.38. The Hall–Kier alpha value is -6.27. The lowest BCUT2D eigenvalue weighted by Gasteiger charge is -2.12. The number of hydrogen-bond acceptors (Lipinski definition) is 6. The second kappa shape index (κ2) is 24.5. The molecule has 0 saturated carbocycles. The Morgan fingerprint density at radius 3 is 1.31 bits per heavy atom. The number of aryl methyl sites for hydroxylation is 1. The minimum Gasteiger partial charge on any atom is -0.462 e. The van der Waals surface area contributed by atoms with Crippen LogP contribution in [0.15, 0.2) is 148 Å². The first-order chi connectivity index (χ1) is 28.7. The fourth-order valence-corrected chi connectivity index (χ4v) is 6.38. The molecule has 6 nitrogen and oxygen atoms in total. The van der Waals surface area contributed by atoms with E-state index >= 15 is 0 Å². The predicted octanol–water partition coefficient (Wildman–Crippen LogP) is 13.5. The summed E-state index contributed by atoms with van der Waals surface area (Å²) in [5, 5.41) is 0. The zero-order chi connectivity index (χ0) is 42.4. The maximum absolute atomic E-state index is 13.1. The maximum Gasteiger partial charge on any atom is 0.338 e. The highest BCUT2D eigenvalue weighted by molar-refractivity contribution is 5.98. The molecule has 0 aliphatic rings. The number of carbonyl (C=O) groups is 3. The Balaban J connectivity index is 1.49. The van der Waals surface area contributed by atoms with E-state index in [1.54, 1.807) is 18.2 Å². The molecule has 0 atom stereocenters. The zero-order valence-corrected chi connectivity index (χ0v) is 34.8. The van der Waals surface area contributed by atoms with Gasteiger partial charge in [-0.15, -0.1) is 19.7 Å². The highest BCUT2D eigenvalue weighted by Gasteiger charge is 2.17. The van der Waals surface area contributed by atoms with E-state index in [1.807, 2.05) is 86.7 Å². The van der Waals surface area contributed by atoms with Crippen molar-refractivity contribution in [1.82, 2.24) is 0 Å². The van der Waals surface area contributed by atoms with E-state index in [9.17, 15) is 14.4 Å². The normalized spacial score (nSPS) is 11.4. The van der Waals surface area contributed by atoms with Crippen LogP contribution in [-0.2, 0) is 14.2 Å². The van der Waals surface area contributed by atoms with Crippen molar-refractivity contribution in [1.29, 1.82) is 0 Å². The van der Waals surface area contributed by atoms with E-state index in [0.29, 0.717) is 42.1 Å². The van der Waals surface area contributed by atoms with Crippen molar-refractivity contribution < 1.29 is 28.6 Å². The molecule has 4 rings (SSSR count). The van der Waals surface area contributed by atoms with Gasteiger partial charge in [0, 0.05) is 0 Å². The molecule has 0 N–H and O–H groups in total. The molecule has 0 heterocycles. The summed E-state index contributed by atoms with van der Waals surface area (Å²) in [5.41, 5.74) is 9.68. The van der Waals surface area contributed by atoms with Gasteiger partial charge in [0.25, 0.3) is 0 Å². The van der Waals surface area contributed by atoms with E-state index in [4.69, 9.17) is 14.2 Å². The molecule has 0 radical (unpaired) electrons. The summed E-state index contributed by atoms with van der Waals surface area (Å²) in [5.74, 6) is -1.27. The van der Waals surface area contributed by atoms with Crippen LogP contribution in [0.25, 0.3) is 33.4 Å². The van der Waals surface area contributed by atoms with Gasteiger partial charge in [0.15, 0.2) is 0 Å². The first-order valence-corrected chi connectivity index (χ1v) is 20.5. The zero-order valence-electron chi connectivity index (χ0n) is 34.8. The van der Waals surface area contributed by atoms with Crippen LogP contribution in [0.1, 0.15) is 112 Å². The van der Waals surface area contributed by atoms with Gasteiger partial charge in [-0.2, -0.15) is 0 Å². The maximum atomic E-state index is 13.1. The average molecular weight is 791 g/mol. The van der Waals surface area contributed by atoms with Crippen molar-refractivity contribution in [2.75, 3.05) is 19.8 Å². The standard InChI is InChI=1S/C53H58O6/c1-7-11-14-17-30-57-51(54)48-34-39(5)33-46(35-48)40(6)20-21-41(10-4)42-22-24-43(25-23-42)44-26-28-45(29-27-44)47-36-49(52(55)58-31-18-15-12-8-2)38-50(37-47)53(56)59-32-19-16-13-9-3/h7-10,20-29,33-38H,1-4,11-19,30-32H2,5-6H3/b40-20+,41-21+. The summed E-state index contributed by atoms with van der Waals surface area (Å²) >= 11 is 0. The Labute approximate surface area is 351 Å². The van der Waals surface area contributed by atoms with Crippen molar-refractivity contribution in [2.45, 2.75) is 71.6 Å². The number of unbranched alkanes of at least 4 members (excludes halogenated alkanes) is 6. The van der Waals surface area contributed by atoms with Gasteiger partial charge in [-0.25, -0.2) is 14.4 Å². The monoisotopic (exact) mass is 790 g/mol. The van der Waals surface area contributed by atoms with E-state index in [-0.39, 0.29) is 5.97 Å². The quantitative estimate of drug-likeness (QED) is 0.0231. The summed E-state index contributed by atoms with van der Waals surface area (Å²) in [6.07, 6.45) is 19.1. The molecule has 0 aliphatic carbocycles. The lowest BCUT2D eigenvalue weighted by Crippen LogP contribution is -2.11.